The van der Waals surface area contributed by atoms with E-state index in [1.807, 2.05) is 43.3 Å². The summed E-state index contributed by atoms with van der Waals surface area (Å²) in [6.45, 7) is 1.91. The average molecular weight is 283 g/mol. The number of hydrogen-bond acceptors (Lipinski definition) is 1. The van der Waals surface area contributed by atoms with Crippen molar-refractivity contribution in [2.45, 2.75) is 25.1 Å². The van der Waals surface area contributed by atoms with E-state index in [2.05, 4.69) is 5.32 Å². The van der Waals surface area contributed by atoms with E-state index < -0.39 is 11.6 Å². The topological polar surface area (TPSA) is 29.1 Å². The van der Waals surface area contributed by atoms with E-state index in [0.717, 1.165) is 5.56 Å². The van der Waals surface area contributed by atoms with E-state index in [1.165, 1.54) is 0 Å². The van der Waals surface area contributed by atoms with E-state index in [4.69, 9.17) is 0 Å². The maximum atomic E-state index is 14.7. The van der Waals surface area contributed by atoms with Crippen molar-refractivity contribution in [3.63, 3.8) is 0 Å². The monoisotopic (exact) mass is 283 g/mol. The smallest absolute Gasteiger partial charge is 0.227 e. The molecule has 0 unspecified atom stereocenters. The van der Waals surface area contributed by atoms with Crippen molar-refractivity contribution in [2.75, 3.05) is 0 Å². The Labute approximate surface area is 124 Å². The molecule has 3 rings (SSSR count). The Bertz CT molecular complexity index is 628. The molecule has 0 aliphatic heterocycles. The number of halogens is 1. The summed E-state index contributed by atoms with van der Waals surface area (Å²) in [5.41, 5.74) is 0.120. The standard InChI is InChI=1S/C18H18FNO/c1-13(14-8-4-2-5-9-14)20-17(21)16-12-18(16,19)15-10-6-3-7-11-15/h2-11,13,16H,12H2,1H3,(H,20,21)/t13-,16-,18+/m0/s1. The largest absolute Gasteiger partial charge is 0.349 e. The maximum absolute atomic E-state index is 14.7. The molecule has 0 spiro atoms. The van der Waals surface area contributed by atoms with Gasteiger partial charge in [0.05, 0.1) is 12.0 Å². The van der Waals surface area contributed by atoms with Crippen LogP contribution in [0.3, 0.4) is 0 Å². The maximum Gasteiger partial charge on any atom is 0.227 e. The van der Waals surface area contributed by atoms with Crippen LogP contribution >= 0.6 is 0 Å². The van der Waals surface area contributed by atoms with Gasteiger partial charge in [-0.05, 0) is 18.1 Å². The molecular weight excluding hydrogens is 265 g/mol. The molecule has 1 fully saturated rings. The normalized spacial score (nSPS) is 25.1. The molecule has 21 heavy (non-hydrogen) atoms. The van der Waals surface area contributed by atoms with Gasteiger partial charge >= 0.3 is 0 Å². The van der Waals surface area contributed by atoms with Gasteiger partial charge in [0.1, 0.15) is 5.67 Å². The molecule has 0 aromatic heterocycles. The van der Waals surface area contributed by atoms with Crippen LogP contribution in [-0.4, -0.2) is 5.91 Å². The number of rotatable bonds is 4. The molecule has 0 bridgehead atoms. The van der Waals surface area contributed by atoms with Crippen molar-refractivity contribution in [1.29, 1.82) is 0 Å². The first-order valence-corrected chi connectivity index (χ1v) is 7.21. The molecule has 1 aliphatic rings. The third kappa shape index (κ3) is 2.68. The van der Waals surface area contributed by atoms with E-state index in [0.29, 0.717) is 5.56 Å². The second-order valence-electron chi connectivity index (χ2n) is 5.63. The summed E-state index contributed by atoms with van der Waals surface area (Å²) in [5.74, 6) is -0.788. The molecule has 2 nitrogen and oxygen atoms in total. The first-order chi connectivity index (χ1) is 10.1. The van der Waals surface area contributed by atoms with Crippen molar-refractivity contribution < 1.29 is 9.18 Å². The van der Waals surface area contributed by atoms with Crippen LogP contribution in [0.1, 0.15) is 30.5 Å². The molecular formula is C18H18FNO. The van der Waals surface area contributed by atoms with Crippen molar-refractivity contribution in [1.82, 2.24) is 5.32 Å². The van der Waals surface area contributed by atoms with Gasteiger partial charge in [-0.2, -0.15) is 0 Å². The van der Waals surface area contributed by atoms with Crippen molar-refractivity contribution in [3.8, 4) is 0 Å². The minimum atomic E-state index is -1.50. The minimum Gasteiger partial charge on any atom is -0.349 e. The van der Waals surface area contributed by atoms with Crippen LogP contribution in [0.15, 0.2) is 60.7 Å². The summed E-state index contributed by atoms with van der Waals surface area (Å²) in [6.07, 6.45) is 0.268. The molecule has 1 amide bonds. The summed E-state index contributed by atoms with van der Waals surface area (Å²) < 4.78 is 14.7. The summed E-state index contributed by atoms with van der Waals surface area (Å²) >= 11 is 0. The Morgan fingerprint density at radius 3 is 2.33 bits per heavy atom. The molecule has 0 heterocycles. The van der Waals surface area contributed by atoms with Gasteiger partial charge in [0, 0.05) is 6.42 Å². The zero-order valence-electron chi connectivity index (χ0n) is 11.9. The fourth-order valence-corrected chi connectivity index (χ4v) is 2.71. The third-order valence-electron chi connectivity index (χ3n) is 4.12. The lowest BCUT2D eigenvalue weighted by Crippen LogP contribution is -2.30. The summed E-state index contributed by atoms with van der Waals surface area (Å²) in [7, 11) is 0. The lowest BCUT2D eigenvalue weighted by molar-refractivity contribution is -0.124. The van der Waals surface area contributed by atoms with Gasteiger partial charge in [-0.1, -0.05) is 60.7 Å². The Hall–Kier alpha value is -2.16. The van der Waals surface area contributed by atoms with Gasteiger partial charge in [-0.15, -0.1) is 0 Å². The molecule has 3 atom stereocenters. The van der Waals surface area contributed by atoms with Gasteiger partial charge < -0.3 is 5.32 Å². The number of hydrogen-bond donors (Lipinski definition) is 1. The number of carbonyl (C=O) groups is 1. The predicted molar refractivity (Wildman–Crippen MR) is 80.3 cm³/mol. The van der Waals surface area contributed by atoms with E-state index in [9.17, 15) is 9.18 Å². The Balaban J connectivity index is 1.66. The number of benzene rings is 2. The molecule has 3 heteroatoms. The quantitative estimate of drug-likeness (QED) is 0.909. The van der Waals surface area contributed by atoms with Gasteiger partial charge in [-0.3, -0.25) is 4.79 Å². The number of nitrogens with one attached hydrogen (secondary N) is 1. The first-order valence-electron chi connectivity index (χ1n) is 7.21. The number of amides is 1. The SMILES string of the molecule is C[C@H](NC(=O)[C@@H]1C[C@@]1(F)c1ccccc1)c1ccccc1. The molecule has 1 saturated carbocycles. The lowest BCUT2D eigenvalue weighted by atomic mass is 10.1. The van der Waals surface area contributed by atoms with Crippen LogP contribution in [0.2, 0.25) is 0 Å². The minimum absolute atomic E-state index is 0.112. The highest BCUT2D eigenvalue weighted by Gasteiger charge is 2.60. The summed E-state index contributed by atoms with van der Waals surface area (Å²) in [5, 5.41) is 2.90. The fraction of sp³-hybridized carbons (Fsp3) is 0.278. The summed E-state index contributed by atoms with van der Waals surface area (Å²) in [4.78, 5) is 12.2. The second kappa shape index (κ2) is 5.32. The summed E-state index contributed by atoms with van der Waals surface area (Å²) in [6, 6.07) is 18.5. The van der Waals surface area contributed by atoms with E-state index >= 15 is 0 Å². The zero-order chi connectivity index (χ0) is 14.9. The van der Waals surface area contributed by atoms with Crippen LogP contribution in [0.5, 0.6) is 0 Å². The fourth-order valence-electron chi connectivity index (χ4n) is 2.71. The van der Waals surface area contributed by atoms with Crippen molar-refractivity contribution in [3.05, 3.63) is 71.8 Å². The third-order valence-corrected chi connectivity index (χ3v) is 4.12. The molecule has 0 saturated heterocycles. The van der Waals surface area contributed by atoms with Crippen LogP contribution in [0.4, 0.5) is 4.39 Å². The Kier molecular flexibility index (Phi) is 3.50. The van der Waals surface area contributed by atoms with Crippen molar-refractivity contribution in [2.24, 2.45) is 5.92 Å². The highest BCUT2D eigenvalue weighted by atomic mass is 19.1. The molecule has 1 N–H and O–H groups in total. The predicted octanol–water partition coefficient (Wildman–Crippen LogP) is 3.75. The van der Waals surface area contributed by atoms with Gasteiger partial charge in [0.2, 0.25) is 5.91 Å². The second-order valence-corrected chi connectivity index (χ2v) is 5.63. The van der Waals surface area contributed by atoms with Crippen LogP contribution in [0, 0.1) is 5.92 Å². The molecule has 2 aromatic rings. The first kappa shape index (κ1) is 13.8. The number of alkyl halides is 1. The molecule has 0 radical (unpaired) electrons. The Morgan fingerprint density at radius 2 is 1.71 bits per heavy atom. The van der Waals surface area contributed by atoms with Gasteiger partial charge in [0.15, 0.2) is 0 Å². The van der Waals surface area contributed by atoms with Gasteiger partial charge in [0.25, 0.3) is 0 Å². The van der Waals surface area contributed by atoms with E-state index in [1.54, 1.807) is 24.3 Å². The van der Waals surface area contributed by atoms with Gasteiger partial charge in [-0.25, -0.2) is 4.39 Å². The van der Waals surface area contributed by atoms with E-state index in [-0.39, 0.29) is 18.4 Å². The average Bonchev–Trinajstić information content (AvgIpc) is 3.23. The zero-order valence-corrected chi connectivity index (χ0v) is 11.9. The van der Waals surface area contributed by atoms with Crippen LogP contribution in [-0.2, 0) is 10.5 Å². The van der Waals surface area contributed by atoms with Crippen LogP contribution < -0.4 is 5.32 Å². The Morgan fingerprint density at radius 1 is 1.14 bits per heavy atom. The van der Waals surface area contributed by atoms with Crippen molar-refractivity contribution >= 4 is 5.91 Å². The highest BCUT2D eigenvalue weighted by molar-refractivity contribution is 5.84. The molecule has 2 aromatic carbocycles. The van der Waals surface area contributed by atoms with Crippen LogP contribution in [0.25, 0.3) is 0 Å². The molecule has 108 valence electrons. The molecule has 1 aliphatic carbocycles. The highest BCUT2D eigenvalue weighted by Crippen LogP contribution is 2.55. The number of carbonyl (C=O) groups excluding carboxylic acids is 1. The lowest BCUT2D eigenvalue weighted by Gasteiger charge is -2.15.